The van der Waals surface area contributed by atoms with E-state index in [1.165, 1.54) is 0 Å². The summed E-state index contributed by atoms with van der Waals surface area (Å²) in [5.41, 5.74) is 1.95. The summed E-state index contributed by atoms with van der Waals surface area (Å²) < 4.78 is 11.3. The van der Waals surface area contributed by atoms with Gasteiger partial charge in [-0.1, -0.05) is 17.7 Å². The van der Waals surface area contributed by atoms with Crippen molar-refractivity contribution in [2.24, 2.45) is 0 Å². The van der Waals surface area contributed by atoms with Crippen LogP contribution in [0.4, 0.5) is 5.69 Å². The zero-order valence-corrected chi connectivity index (χ0v) is 16.0. The number of anilines is 1. The van der Waals surface area contributed by atoms with Gasteiger partial charge in [0.1, 0.15) is 19.3 Å². The molecule has 1 amide bonds. The molecule has 1 fully saturated rings. The second-order valence-corrected chi connectivity index (χ2v) is 7.32. The molecule has 0 aromatic heterocycles. The van der Waals surface area contributed by atoms with Gasteiger partial charge in [0.25, 0.3) is 0 Å². The van der Waals surface area contributed by atoms with Crippen LogP contribution in [0.15, 0.2) is 36.4 Å². The number of nitrogens with zero attached hydrogens (tertiary/aromatic N) is 2. The van der Waals surface area contributed by atoms with Crippen LogP contribution >= 0.6 is 11.6 Å². The number of ether oxygens (including phenoxy) is 2. The van der Waals surface area contributed by atoms with Gasteiger partial charge in [-0.2, -0.15) is 5.26 Å². The molecule has 0 saturated carbocycles. The highest BCUT2D eigenvalue weighted by molar-refractivity contribution is 6.31. The first-order valence-electron chi connectivity index (χ1n) is 9.27. The summed E-state index contributed by atoms with van der Waals surface area (Å²) in [7, 11) is 0. The van der Waals surface area contributed by atoms with Crippen molar-refractivity contribution in [2.45, 2.75) is 18.9 Å². The van der Waals surface area contributed by atoms with Gasteiger partial charge < -0.3 is 14.8 Å². The molecule has 28 heavy (non-hydrogen) atoms. The lowest BCUT2D eigenvalue weighted by Crippen LogP contribution is -2.33. The zero-order valence-electron chi connectivity index (χ0n) is 15.3. The van der Waals surface area contributed by atoms with Crippen LogP contribution in [0.3, 0.4) is 0 Å². The Bertz CT molecular complexity index is 941. The first-order chi connectivity index (χ1) is 13.6. The molecule has 0 aliphatic carbocycles. The smallest absolute Gasteiger partial charge is 0.238 e. The van der Waals surface area contributed by atoms with Crippen molar-refractivity contribution in [3.8, 4) is 17.6 Å². The average Bonchev–Trinajstić information content (AvgIpc) is 3.15. The molecule has 7 heteroatoms. The number of nitriles is 1. The summed E-state index contributed by atoms with van der Waals surface area (Å²) >= 11 is 6.00. The van der Waals surface area contributed by atoms with Gasteiger partial charge in [-0.25, -0.2) is 0 Å². The maximum Gasteiger partial charge on any atom is 0.238 e. The standard InChI is InChI=1S/C21H20ClN3O3/c22-16-5-3-15(12-23)17(11-16)24-21(26)13-25-7-1-2-18(25)14-4-6-19-20(10-14)28-9-8-27-19/h3-6,10-11,18H,1-2,7-9,13H2,(H,24,26)/t18-/m0/s1. The molecular weight excluding hydrogens is 378 g/mol. The van der Waals surface area contributed by atoms with Crippen LogP contribution in [0.2, 0.25) is 5.02 Å². The molecule has 6 nitrogen and oxygen atoms in total. The van der Waals surface area contributed by atoms with E-state index in [4.69, 9.17) is 21.1 Å². The third kappa shape index (κ3) is 3.91. The molecular formula is C21H20ClN3O3. The number of carbonyl (C=O) groups excluding carboxylic acids is 1. The van der Waals surface area contributed by atoms with Crippen LogP contribution in [0.1, 0.15) is 30.0 Å². The highest BCUT2D eigenvalue weighted by Gasteiger charge is 2.29. The van der Waals surface area contributed by atoms with Gasteiger partial charge in [0, 0.05) is 11.1 Å². The molecule has 2 heterocycles. The third-order valence-corrected chi connectivity index (χ3v) is 5.27. The number of carbonyl (C=O) groups is 1. The number of likely N-dealkylation sites (tertiary alicyclic amines) is 1. The van der Waals surface area contributed by atoms with E-state index >= 15 is 0 Å². The van der Waals surface area contributed by atoms with Crippen LogP contribution in [0.5, 0.6) is 11.5 Å². The Hall–Kier alpha value is -2.75. The van der Waals surface area contributed by atoms with Crippen molar-refractivity contribution >= 4 is 23.2 Å². The molecule has 4 rings (SSSR count). The van der Waals surface area contributed by atoms with E-state index in [2.05, 4.69) is 16.3 Å². The predicted molar refractivity (Wildman–Crippen MR) is 106 cm³/mol. The topological polar surface area (TPSA) is 74.6 Å². The van der Waals surface area contributed by atoms with Crippen molar-refractivity contribution in [3.05, 3.63) is 52.5 Å². The van der Waals surface area contributed by atoms with Gasteiger partial charge in [-0.15, -0.1) is 0 Å². The van der Waals surface area contributed by atoms with Crippen LogP contribution in [0.25, 0.3) is 0 Å². The van der Waals surface area contributed by atoms with Crippen molar-refractivity contribution in [2.75, 3.05) is 31.6 Å². The number of nitrogens with one attached hydrogen (secondary N) is 1. The number of benzene rings is 2. The molecule has 2 aliphatic rings. The van der Waals surface area contributed by atoms with Crippen molar-refractivity contribution in [1.82, 2.24) is 4.90 Å². The molecule has 0 radical (unpaired) electrons. The first kappa shape index (κ1) is 18.6. The second kappa shape index (κ2) is 8.09. The molecule has 2 aromatic carbocycles. The fourth-order valence-corrected chi connectivity index (χ4v) is 3.92. The summed E-state index contributed by atoms with van der Waals surface area (Å²) in [5, 5.41) is 12.5. The predicted octanol–water partition coefficient (Wildman–Crippen LogP) is 3.76. The fourth-order valence-electron chi connectivity index (χ4n) is 3.75. The Morgan fingerprint density at radius 2 is 2.04 bits per heavy atom. The Morgan fingerprint density at radius 1 is 1.21 bits per heavy atom. The minimum Gasteiger partial charge on any atom is -0.486 e. The van der Waals surface area contributed by atoms with E-state index in [0.29, 0.717) is 29.5 Å². The number of halogens is 1. The Kier molecular flexibility index (Phi) is 5.38. The molecule has 0 unspecified atom stereocenters. The van der Waals surface area contributed by atoms with Crippen LogP contribution < -0.4 is 14.8 Å². The highest BCUT2D eigenvalue weighted by Crippen LogP contribution is 2.38. The minimum atomic E-state index is -0.164. The molecule has 0 spiro atoms. The third-order valence-electron chi connectivity index (χ3n) is 5.04. The van der Waals surface area contributed by atoms with E-state index in [-0.39, 0.29) is 18.5 Å². The maximum atomic E-state index is 12.6. The van der Waals surface area contributed by atoms with Crippen molar-refractivity contribution in [1.29, 1.82) is 5.26 Å². The summed E-state index contributed by atoms with van der Waals surface area (Å²) in [6, 6.07) is 13.0. The molecule has 1 saturated heterocycles. The lowest BCUT2D eigenvalue weighted by atomic mass is 10.0. The van der Waals surface area contributed by atoms with Gasteiger partial charge in [0.05, 0.1) is 17.8 Å². The summed E-state index contributed by atoms with van der Waals surface area (Å²) in [6.45, 7) is 2.20. The number of hydrogen-bond donors (Lipinski definition) is 1. The Labute approximate surface area is 168 Å². The van der Waals surface area contributed by atoms with Crippen LogP contribution in [0, 0.1) is 11.3 Å². The summed E-state index contributed by atoms with van der Waals surface area (Å²) in [4.78, 5) is 14.8. The monoisotopic (exact) mass is 397 g/mol. The molecule has 144 valence electrons. The van der Waals surface area contributed by atoms with Crippen LogP contribution in [-0.2, 0) is 4.79 Å². The largest absolute Gasteiger partial charge is 0.486 e. The summed E-state index contributed by atoms with van der Waals surface area (Å²) in [6.07, 6.45) is 2.00. The molecule has 1 atom stereocenters. The number of rotatable bonds is 4. The molecule has 0 bridgehead atoms. The molecule has 1 N–H and O–H groups in total. The van der Waals surface area contributed by atoms with Gasteiger partial charge in [-0.05, 0) is 55.3 Å². The van der Waals surface area contributed by atoms with E-state index in [9.17, 15) is 10.1 Å². The Balaban J connectivity index is 1.46. The van der Waals surface area contributed by atoms with E-state index in [0.717, 1.165) is 36.4 Å². The normalized spacial score (nSPS) is 18.5. The molecule has 2 aliphatic heterocycles. The van der Waals surface area contributed by atoms with Gasteiger partial charge in [-0.3, -0.25) is 9.69 Å². The van der Waals surface area contributed by atoms with E-state index in [1.807, 2.05) is 18.2 Å². The molecule has 2 aromatic rings. The second-order valence-electron chi connectivity index (χ2n) is 6.88. The number of amides is 1. The van der Waals surface area contributed by atoms with Crippen molar-refractivity contribution in [3.63, 3.8) is 0 Å². The highest BCUT2D eigenvalue weighted by atomic mass is 35.5. The van der Waals surface area contributed by atoms with E-state index in [1.54, 1.807) is 18.2 Å². The first-order valence-corrected chi connectivity index (χ1v) is 9.65. The van der Waals surface area contributed by atoms with Gasteiger partial charge in [0.2, 0.25) is 5.91 Å². The lowest BCUT2D eigenvalue weighted by Gasteiger charge is -2.26. The number of hydrogen-bond acceptors (Lipinski definition) is 5. The van der Waals surface area contributed by atoms with E-state index < -0.39 is 0 Å². The lowest BCUT2D eigenvalue weighted by molar-refractivity contribution is -0.117. The Morgan fingerprint density at radius 3 is 2.86 bits per heavy atom. The minimum absolute atomic E-state index is 0.149. The quantitative estimate of drug-likeness (QED) is 0.850. The maximum absolute atomic E-state index is 12.6. The SMILES string of the molecule is N#Cc1ccc(Cl)cc1NC(=O)CN1CCC[C@H]1c1ccc2c(c1)OCCO2. The fraction of sp³-hybridized carbons (Fsp3) is 0.333. The number of fused-ring (bicyclic) bond motifs is 1. The van der Waals surface area contributed by atoms with Gasteiger partial charge >= 0.3 is 0 Å². The van der Waals surface area contributed by atoms with Gasteiger partial charge in [0.15, 0.2) is 11.5 Å². The summed E-state index contributed by atoms with van der Waals surface area (Å²) in [5.74, 6) is 1.36. The zero-order chi connectivity index (χ0) is 19.5. The van der Waals surface area contributed by atoms with Crippen molar-refractivity contribution < 1.29 is 14.3 Å². The average molecular weight is 398 g/mol. The van der Waals surface area contributed by atoms with Crippen LogP contribution in [-0.4, -0.2) is 37.1 Å².